The van der Waals surface area contributed by atoms with Gasteiger partial charge in [0, 0.05) is 13.1 Å². The van der Waals surface area contributed by atoms with Crippen LogP contribution < -0.4 is 19.5 Å². The number of oxazole rings is 1. The number of para-hydroxylation sites is 2. The highest BCUT2D eigenvalue weighted by molar-refractivity contribution is 5.72. The predicted octanol–water partition coefficient (Wildman–Crippen LogP) is 3.13. The average molecular weight is 328 g/mol. The summed E-state index contributed by atoms with van der Waals surface area (Å²) in [5.41, 5.74) is 1.49. The minimum Gasteiger partial charge on any atom is -0.493 e. The molecule has 0 saturated carbocycles. The molecule has 7 nitrogen and oxygen atoms in total. The summed E-state index contributed by atoms with van der Waals surface area (Å²) in [7, 11) is 2.96. The van der Waals surface area contributed by atoms with Gasteiger partial charge in [0.05, 0.1) is 7.11 Å². The maximum atomic E-state index is 11.3. The number of carbonyl (C=O) groups excluding carboxylic acids is 1. The first kappa shape index (κ1) is 15.7. The minimum atomic E-state index is -0.576. The molecule has 0 aliphatic carbocycles. The van der Waals surface area contributed by atoms with Crippen molar-refractivity contribution in [3.63, 3.8) is 0 Å². The van der Waals surface area contributed by atoms with E-state index >= 15 is 0 Å². The Balaban J connectivity index is 1.71. The average Bonchev–Trinajstić information content (AvgIpc) is 3.03. The van der Waals surface area contributed by atoms with Gasteiger partial charge in [0.15, 0.2) is 23.7 Å². The third kappa shape index (κ3) is 3.40. The van der Waals surface area contributed by atoms with Gasteiger partial charge < -0.3 is 23.9 Å². The minimum absolute atomic E-state index is 0.174. The lowest BCUT2D eigenvalue weighted by Gasteiger charge is -2.11. The Labute approximate surface area is 138 Å². The lowest BCUT2D eigenvalue weighted by atomic mass is 10.3. The fourth-order valence-corrected chi connectivity index (χ4v) is 2.10. The van der Waals surface area contributed by atoms with E-state index in [1.807, 2.05) is 24.3 Å². The van der Waals surface area contributed by atoms with Gasteiger partial charge in [-0.15, -0.1) is 0 Å². The van der Waals surface area contributed by atoms with E-state index in [4.69, 9.17) is 18.6 Å². The first-order chi connectivity index (χ1) is 11.7. The number of benzene rings is 2. The molecular weight excluding hydrogens is 312 g/mol. The zero-order valence-corrected chi connectivity index (χ0v) is 13.2. The number of nitrogens with one attached hydrogen (secondary N) is 1. The number of ether oxygens (including phenoxy) is 3. The first-order valence-electron chi connectivity index (χ1n) is 7.24. The van der Waals surface area contributed by atoms with Crippen molar-refractivity contribution in [1.29, 1.82) is 0 Å². The molecular formula is C17H16N2O5. The summed E-state index contributed by atoms with van der Waals surface area (Å²) >= 11 is 0. The molecule has 1 heterocycles. The molecule has 0 aliphatic rings. The van der Waals surface area contributed by atoms with Gasteiger partial charge in [-0.2, -0.15) is 0 Å². The number of hydrogen-bond acceptors (Lipinski definition) is 6. The van der Waals surface area contributed by atoms with Crippen LogP contribution in [0, 0.1) is 0 Å². The molecule has 0 unspecified atom stereocenters. The lowest BCUT2D eigenvalue weighted by Crippen LogP contribution is -2.22. The monoisotopic (exact) mass is 328 g/mol. The Morgan fingerprint density at radius 2 is 2.04 bits per heavy atom. The molecule has 3 rings (SSSR count). The molecule has 0 fully saturated rings. The topological polar surface area (TPSA) is 82.8 Å². The molecule has 0 spiro atoms. The van der Waals surface area contributed by atoms with E-state index in [1.165, 1.54) is 14.2 Å². The molecule has 24 heavy (non-hydrogen) atoms. The van der Waals surface area contributed by atoms with E-state index in [0.717, 1.165) is 5.52 Å². The molecule has 124 valence electrons. The molecule has 0 bridgehead atoms. The molecule has 7 heteroatoms. The number of amides is 1. The molecule has 0 saturated heterocycles. The van der Waals surface area contributed by atoms with Crippen LogP contribution in [0.5, 0.6) is 17.2 Å². The number of nitrogens with zero attached hydrogens (tertiary/aromatic N) is 1. The van der Waals surface area contributed by atoms with Crippen LogP contribution in [-0.2, 0) is 6.61 Å². The van der Waals surface area contributed by atoms with Gasteiger partial charge >= 0.3 is 6.09 Å². The maximum Gasteiger partial charge on any atom is 0.412 e. The Kier molecular flexibility index (Phi) is 4.51. The van der Waals surface area contributed by atoms with E-state index in [9.17, 15) is 4.79 Å². The first-order valence-corrected chi connectivity index (χ1v) is 7.24. The largest absolute Gasteiger partial charge is 0.493 e. The van der Waals surface area contributed by atoms with Crippen LogP contribution in [0.4, 0.5) is 4.79 Å². The van der Waals surface area contributed by atoms with Crippen LogP contribution in [0.1, 0.15) is 5.89 Å². The third-order valence-corrected chi connectivity index (χ3v) is 3.24. The molecule has 0 atom stereocenters. The van der Waals surface area contributed by atoms with Crippen LogP contribution >= 0.6 is 0 Å². The number of rotatable bonds is 5. The molecule has 2 aromatic carbocycles. The van der Waals surface area contributed by atoms with Crippen molar-refractivity contribution in [2.45, 2.75) is 6.61 Å². The Morgan fingerprint density at radius 3 is 2.79 bits per heavy atom. The van der Waals surface area contributed by atoms with Crippen LogP contribution in [0.3, 0.4) is 0 Å². The van der Waals surface area contributed by atoms with Crippen molar-refractivity contribution in [2.24, 2.45) is 0 Å². The molecule has 3 aromatic rings. The van der Waals surface area contributed by atoms with Gasteiger partial charge in [-0.1, -0.05) is 12.1 Å². The molecule has 1 aromatic heterocycles. The summed E-state index contributed by atoms with van der Waals surface area (Å²) in [5.74, 6) is 1.69. The number of hydrogen-bond donors (Lipinski definition) is 1. The number of methoxy groups -OCH3 is 1. The van der Waals surface area contributed by atoms with Crippen LogP contribution in [0.25, 0.3) is 11.1 Å². The van der Waals surface area contributed by atoms with Crippen molar-refractivity contribution < 1.29 is 23.4 Å². The summed E-state index contributed by atoms with van der Waals surface area (Å²) < 4.78 is 21.5. The van der Waals surface area contributed by atoms with Gasteiger partial charge in [-0.3, -0.25) is 0 Å². The van der Waals surface area contributed by atoms with E-state index in [0.29, 0.717) is 28.7 Å². The summed E-state index contributed by atoms with van der Waals surface area (Å²) in [5, 5.41) is 2.37. The Morgan fingerprint density at radius 1 is 1.21 bits per heavy atom. The van der Waals surface area contributed by atoms with E-state index in [-0.39, 0.29) is 6.61 Å². The summed E-state index contributed by atoms with van der Waals surface area (Å²) in [6.45, 7) is 0.174. The second-order valence-corrected chi connectivity index (χ2v) is 4.82. The van der Waals surface area contributed by atoms with Crippen molar-refractivity contribution in [1.82, 2.24) is 10.3 Å². The highest BCUT2D eigenvalue weighted by Crippen LogP contribution is 2.31. The fraction of sp³-hybridized carbons (Fsp3) is 0.176. The second-order valence-electron chi connectivity index (χ2n) is 4.82. The summed E-state index contributed by atoms with van der Waals surface area (Å²) in [6, 6.07) is 12.4. The van der Waals surface area contributed by atoms with Gasteiger partial charge in [0.25, 0.3) is 0 Å². The van der Waals surface area contributed by atoms with Gasteiger partial charge in [0.2, 0.25) is 5.89 Å². The van der Waals surface area contributed by atoms with E-state index in [2.05, 4.69) is 10.3 Å². The fourth-order valence-electron chi connectivity index (χ4n) is 2.10. The van der Waals surface area contributed by atoms with Gasteiger partial charge in [-0.05, 0) is 24.3 Å². The zero-order valence-electron chi connectivity index (χ0n) is 13.2. The normalized spacial score (nSPS) is 10.4. The van der Waals surface area contributed by atoms with Crippen molar-refractivity contribution >= 4 is 17.2 Å². The highest BCUT2D eigenvalue weighted by atomic mass is 16.6. The molecule has 0 aliphatic heterocycles. The highest BCUT2D eigenvalue weighted by Gasteiger charge is 2.11. The zero-order chi connectivity index (χ0) is 16.9. The molecule has 1 N–H and O–H groups in total. The quantitative estimate of drug-likeness (QED) is 0.775. The van der Waals surface area contributed by atoms with Crippen LogP contribution in [0.15, 0.2) is 46.9 Å². The second kappa shape index (κ2) is 6.91. The van der Waals surface area contributed by atoms with Crippen molar-refractivity contribution in [3.05, 3.63) is 48.4 Å². The number of fused-ring (bicyclic) bond motifs is 1. The standard InChI is InChI=1S/C17H16N2O5/c1-18-17(20)24-14-8-7-11(9-15(14)21-2)22-10-16-19-12-5-3-4-6-13(12)23-16/h3-9H,10H2,1-2H3,(H,18,20). The Bertz CT molecular complexity index is 826. The third-order valence-electron chi connectivity index (χ3n) is 3.24. The summed E-state index contributed by atoms with van der Waals surface area (Å²) in [6.07, 6.45) is -0.576. The maximum absolute atomic E-state index is 11.3. The van der Waals surface area contributed by atoms with Crippen molar-refractivity contribution in [3.8, 4) is 17.2 Å². The number of carbonyl (C=O) groups is 1. The Hall–Kier alpha value is -3.22. The molecule has 1 amide bonds. The smallest absolute Gasteiger partial charge is 0.412 e. The lowest BCUT2D eigenvalue weighted by molar-refractivity contribution is 0.200. The van der Waals surface area contributed by atoms with Crippen LogP contribution in [0.2, 0.25) is 0 Å². The predicted molar refractivity (Wildman–Crippen MR) is 86.4 cm³/mol. The van der Waals surface area contributed by atoms with E-state index < -0.39 is 6.09 Å². The van der Waals surface area contributed by atoms with Gasteiger partial charge in [-0.25, -0.2) is 9.78 Å². The van der Waals surface area contributed by atoms with Crippen molar-refractivity contribution in [2.75, 3.05) is 14.2 Å². The summed E-state index contributed by atoms with van der Waals surface area (Å²) in [4.78, 5) is 15.6. The molecule has 0 radical (unpaired) electrons. The van der Waals surface area contributed by atoms with Gasteiger partial charge in [0.1, 0.15) is 11.3 Å². The van der Waals surface area contributed by atoms with E-state index in [1.54, 1.807) is 18.2 Å². The van der Waals surface area contributed by atoms with Crippen LogP contribution in [-0.4, -0.2) is 25.2 Å². The number of aromatic nitrogens is 1. The SMILES string of the molecule is CNC(=O)Oc1ccc(OCc2nc3ccccc3o2)cc1OC.